The fraction of sp³-hybridized carbons (Fsp3) is 0.538. The van der Waals surface area contributed by atoms with Crippen LogP contribution in [0.5, 0.6) is 0 Å². The standard InChI is InChI=1S/C13H15BrF3NO/c1-8-7-18(5-4-12(8)19)11-6-9(14)2-3-10(11)13(15,16)17/h2-3,6,8,12,19H,4-5,7H2,1H3. The number of nitrogens with zero attached hydrogens (tertiary/aromatic N) is 1. The zero-order valence-electron chi connectivity index (χ0n) is 10.4. The summed E-state index contributed by atoms with van der Waals surface area (Å²) < 4.78 is 39.7. The molecule has 2 nitrogen and oxygen atoms in total. The monoisotopic (exact) mass is 337 g/mol. The van der Waals surface area contributed by atoms with Crippen molar-refractivity contribution in [3.8, 4) is 0 Å². The van der Waals surface area contributed by atoms with Crippen LogP contribution in [-0.4, -0.2) is 24.3 Å². The highest BCUT2D eigenvalue weighted by atomic mass is 79.9. The van der Waals surface area contributed by atoms with Gasteiger partial charge in [0.25, 0.3) is 0 Å². The largest absolute Gasteiger partial charge is 0.418 e. The average molecular weight is 338 g/mol. The number of piperidine rings is 1. The molecular formula is C13H15BrF3NO. The van der Waals surface area contributed by atoms with Gasteiger partial charge in [0, 0.05) is 17.6 Å². The topological polar surface area (TPSA) is 23.5 Å². The van der Waals surface area contributed by atoms with Gasteiger partial charge in [-0.1, -0.05) is 22.9 Å². The lowest BCUT2D eigenvalue weighted by Gasteiger charge is -2.37. The van der Waals surface area contributed by atoms with Crippen LogP contribution in [0.4, 0.5) is 18.9 Å². The predicted octanol–water partition coefficient (Wildman–Crippen LogP) is 3.68. The maximum atomic E-state index is 13.0. The van der Waals surface area contributed by atoms with Gasteiger partial charge < -0.3 is 10.0 Å². The van der Waals surface area contributed by atoms with Gasteiger partial charge in [-0.05, 0) is 30.5 Å². The van der Waals surface area contributed by atoms with E-state index in [-0.39, 0.29) is 11.6 Å². The third-order valence-electron chi connectivity index (χ3n) is 3.47. The summed E-state index contributed by atoms with van der Waals surface area (Å²) in [5, 5.41) is 9.67. The van der Waals surface area contributed by atoms with E-state index in [1.165, 1.54) is 12.1 Å². The minimum absolute atomic E-state index is 0.0335. The van der Waals surface area contributed by atoms with Gasteiger partial charge in [0.15, 0.2) is 0 Å². The Balaban J connectivity index is 2.36. The Morgan fingerprint density at radius 1 is 1.37 bits per heavy atom. The third kappa shape index (κ3) is 3.23. The van der Waals surface area contributed by atoms with Gasteiger partial charge in [-0.15, -0.1) is 0 Å². The fourth-order valence-electron chi connectivity index (χ4n) is 2.36. The molecule has 6 heteroatoms. The molecule has 1 aliphatic rings. The molecule has 19 heavy (non-hydrogen) atoms. The molecule has 0 spiro atoms. The lowest BCUT2D eigenvalue weighted by molar-refractivity contribution is -0.137. The first-order valence-corrected chi connectivity index (χ1v) is 6.88. The second kappa shape index (κ2) is 5.32. The number of rotatable bonds is 1. The average Bonchev–Trinajstić information content (AvgIpc) is 2.31. The molecule has 1 aromatic carbocycles. The van der Waals surface area contributed by atoms with E-state index >= 15 is 0 Å². The molecule has 2 unspecified atom stereocenters. The smallest absolute Gasteiger partial charge is 0.393 e. The summed E-state index contributed by atoms with van der Waals surface area (Å²) in [6, 6.07) is 3.98. The number of hydrogen-bond donors (Lipinski definition) is 1. The fourth-order valence-corrected chi connectivity index (χ4v) is 2.71. The molecule has 1 aliphatic heterocycles. The highest BCUT2D eigenvalue weighted by Crippen LogP contribution is 2.39. The van der Waals surface area contributed by atoms with Crippen molar-refractivity contribution < 1.29 is 18.3 Å². The molecule has 0 aliphatic carbocycles. The van der Waals surface area contributed by atoms with Crippen LogP contribution in [0, 0.1) is 5.92 Å². The van der Waals surface area contributed by atoms with Gasteiger partial charge in [0.2, 0.25) is 0 Å². The van der Waals surface area contributed by atoms with Crippen LogP contribution < -0.4 is 4.90 Å². The summed E-state index contributed by atoms with van der Waals surface area (Å²) >= 11 is 3.21. The lowest BCUT2D eigenvalue weighted by Crippen LogP contribution is -2.42. The summed E-state index contributed by atoms with van der Waals surface area (Å²) in [5.41, 5.74) is -0.445. The molecule has 1 saturated heterocycles. The van der Waals surface area contributed by atoms with Crippen molar-refractivity contribution in [3.05, 3.63) is 28.2 Å². The Morgan fingerprint density at radius 2 is 2.05 bits per heavy atom. The molecule has 0 bridgehead atoms. The van der Waals surface area contributed by atoms with E-state index in [1.807, 2.05) is 6.92 Å². The number of alkyl halides is 3. The maximum Gasteiger partial charge on any atom is 0.418 e. The SMILES string of the molecule is CC1CN(c2cc(Br)ccc2C(F)(F)F)CCC1O. The van der Waals surface area contributed by atoms with Crippen molar-refractivity contribution in [2.24, 2.45) is 5.92 Å². The van der Waals surface area contributed by atoms with Crippen LogP contribution in [0.2, 0.25) is 0 Å². The van der Waals surface area contributed by atoms with Crippen LogP contribution in [0.3, 0.4) is 0 Å². The summed E-state index contributed by atoms with van der Waals surface area (Å²) in [5.74, 6) is -0.0335. The van der Waals surface area contributed by atoms with Crippen molar-refractivity contribution in [2.45, 2.75) is 25.6 Å². The number of aliphatic hydroxyl groups is 1. The molecule has 2 atom stereocenters. The van der Waals surface area contributed by atoms with E-state index in [2.05, 4.69) is 15.9 Å². The Morgan fingerprint density at radius 3 is 2.63 bits per heavy atom. The Hall–Kier alpha value is -0.750. The minimum atomic E-state index is -4.37. The molecule has 0 radical (unpaired) electrons. The van der Waals surface area contributed by atoms with E-state index in [1.54, 1.807) is 4.90 Å². The number of aliphatic hydroxyl groups excluding tert-OH is 1. The number of benzene rings is 1. The molecule has 0 amide bonds. The van der Waals surface area contributed by atoms with Crippen molar-refractivity contribution in [2.75, 3.05) is 18.0 Å². The Kier molecular flexibility index (Phi) is 4.11. The van der Waals surface area contributed by atoms with Gasteiger partial charge in [-0.2, -0.15) is 13.2 Å². The maximum absolute atomic E-state index is 13.0. The Bertz CT molecular complexity index is 464. The first kappa shape index (κ1) is 14.7. The molecule has 1 fully saturated rings. The van der Waals surface area contributed by atoms with E-state index in [0.717, 1.165) is 6.07 Å². The van der Waals surface area contributed by atoms with Crippen molar-refractivity contribution in [1.29, 1.82) is 0 Å². The normalized spacial score (nSPS) is 24.6. The van der Waals surface area contributed by atoms with Crippen molar-refractivity contribution in [1.82, 2.24) is 0 Å². The molecule has 0 aromatic heterocycles. The van der Waals surface area contributed by atoms with E-state index in [0.29, 0.717) is 24.0 Å². The third-order valence-corrected chi connectivity index (χ3v) is 3.96. The van der Waals surface area contributed by atoms with Gasteiger partial charge in [0.05, 0.1) is 17.4 Å². The molecule has 1 aromatic rings. The first-order valence-electron chi connectivity index (χ1n) is 6.09. The van der Waals surface area contributed by atoms with Crippen LogP contribution in [-0.2, 0) is 6.18 Å². The lowest BCUT2D eigenvalue weighted by atomic mass is 9.95. The number of anilines is 1. The molecular weight excluding hydrogens is 323 g/mol. The van der Waals surface area contributed by atoms with Gasteiger partial charge in [-0.25, -0.2) is 0 Å². The molecule has 0 saturated carbocycles. The van der Waals surface area contributed by atoms with E-state index in [4.69, 9.17) is 0 Å². The van der Waals surface area contributed by atoms with Gasteiger partial charge >= 0.3 is 6.18 Å². The highest BCUT2D eigenvalue weighted by Gasteiger charge is 2.36. The number of hydrogen-bond acceptors (Lipinski definition) is 2. The van der Waals surface area contributed by atoms with Crippen LogP contribution in [0.25, 0.3) is 0 Å². The molecule has 2 rings (SSSR count). The summed E-state index contributed by atoms with van der Waals surface area (Å²) in [6.07, 6.45) is -4.31. The zero-order valence-corrected chi connectivity index (χ0v) is 12.0. The second-order valence-electron chi connectivity index (χ2n) is 4.94. The van der Waals surface area contributed by atoms with E-state index in [9.17, 15) is 18.3 Å². The van der Waals surface area contributed by atoms with E-state index < -0.39 is 17.8 Å². The van der Waals surface area contributed by atoms with Crippen LogP contribution in [0.15, 0.2) is 22.7 Å². The minimum Gasteiger partial charge on any atom is -0.393 e. The molecule has 1 heterocycles. The second-order valence-corrected chi connectivity index (χ2v) is 5.85. The first-order chi connectivity index (χ1) is 8.79. The quantitative estimate of drug-likeness (QED) is 0.845. The van der Waals surface area contributed by atoms with Crippen LogP contribution >= 0.6 is 15.9 Å². The predicted molar refractivity (Wildman–Crippen MR) is 71.1 cm³/mol. The number of halogens is 4. The van der Waals surface area contributed by atoms with Crippen molar-refractivity contribution in [3.63, 3.8) is 0 Å². The highest BCUT2D eigenvalue weighted by molar-refractivity contribution is 9.10. The summed E-state index contributed by atoms with van der Waals surface area (Å²) in [7, 11) is 0. The van der Waals surface area contributed by atoms with Gasteiger partial charge in [-0.3, -0.25) is 0 Å². The molecule has 106 valence electrons. The van der Waals surface area contributed by atoms with Gasteiger partial charge in [0.1, 0.15) is 0 Å². The zero-order chi connectivity index (χ0) is 14.2. The molecule has 1 N–H and O–H groups in total. The van der Waals surface area contributed by atoms with Crippen LogP contribution in [0.1, 0.15) is 18.9 Å². The Labute approximate surface area is 118 Å². The summed E-state index contributed by atoms with van der Waals surface area (Å²) in [6.45, 7) is 2.72. The van der Waals surface area contributed by atoms with Crippen molar-refractivity contribution >= 4 is 21.6 Å². The summed E-state index contributed by atoms with van der Waals surface area (Å²) in [4.78, 5) is 1.70.